The van der Waals surface area contributed by atoms with Gasteiger partial charge in [-0.15, -0.1) is 0 Å². The van der Waals surface area contributed by atoms with Crippen LogP contribution in [0.1, 0.15) is 30.9 Å². The molecule has 1 fully saturated rings. The molecule has 2 nitrogen and oxygen atoms in total. The summed E-state index contributed by atoms with van der Waals surface area (Å²) in [5, 5.41) is 6.86. The highest BCUT2D eigenvalue weighted by molar-refractivity contribution is 5.23. The quantitative estimate of drug-likeness (QED) is 0.792. The van der Waals surface area contributed by atoms with Gasteiger partial charge in [0.15, 0.2) is 0 Å². The van der Waals surface area contributed by atoms with E-state index in [1.807, 2.05) is 0 Å². The molecule has 2 heteroatoms. The monoisotopic (exact) mass is 218 g/mol. The molecule has 1 atom stereocenters. The molecule has 0 bridgehead atoms. The van der Waals surface area contributed by atoms with Gasteiger partial charge in [-0.25, -0.2) is 0 Å². The zero-order valence-electron chi connectivity index (χ0n) is 10.3. The highest BCUT2D eigenvalue weighted by atomic mass is 14.9. The van der Waals surface area contributed by atoms with E-state index in [0.717, 1.165) is 6.54 Å². The minimum Gasteiger partial charge on any atom is -0.319 e. The molecule has 0 amide bonds. The van der Waals surface area contributed by atoms with Crippen LogP contribution in [0, 0.1) is 5.41 Å². The number of benzene rings is 1. The zero-order chi connectivity index (χ0) is 11.4. The van der Waals surface area contributed by atoms with Crippen molar-refractivity contribution in [1.29, 1.82) is 0 Å². The predicted octanol–water partition coefficient (Wildman–Crippen LogP) is 2.34. The average molecular weight is 218 g/mol. The van der Waals surface area contributed by atoms with E-state index in [2.05, 4.69) is 55.1 Å². The number of rotatable bonds is 5. The van der Waals surface area contributed by atoms with Crippen LogP contribution in [0.4, 0.5) is 0 Å². The first-order valence-electron chi connectivity index (χ1n) is 6.19. The van der Waals surface area contributed by atoms with Gasteiger partial charge in [-0.3, -0.25) is 0 Å². The summed E-state index contributed by atoms with van der Waals surface area (Å²) in [5.41, 5.74) is 1.84. The van der Waals surface area contributed by atoms with Crippen LogP contribution in [0.3, 0.4) is 0 Å². The van der Waals surface area contributed by atoms with Crippen molar-refractivity contribution in [3.63, 3.8) is 0 Å². The molecule has 0 spiro atoms. The fraction of sp³-hybridized carbons (Fsp3) is 0.571. The van der Waals surface area contributed by atoms with E-state index in [4.69, 9.17) is 0 Å². The van der Waals surface area contributed by atoms with E-state index in [0.29, 0.717) is 11.5 Å². The van der Waals surface area contributed by atoms with E-state index in [1.54, 1.807) is 0 Å². The molecule has 1 aromatic rings. The average Bonchev–Trinajstić information content (AvgIpc) is 2.28. The molecule has 88 valence electrons. The van der Waals surface area contributed by atoms with Crippen LogP contribution in [-0.4, -0.2) is 20.6 Å². The highest BCUT2D eigenvalue weighted by Crippen LogP contribution is 2.49. The summed E-state index contributed by atoms with van der Waals surface area (Å²) in [7, 11) is 4.13. The summed E-state index contributed by atoms with van der Waals surface area (Å²) in [4.78, 5) is 0. The summed E-state index contributed by atoms with van der Waals surface area (Å²) >= 11 is 0. The van der Waals surface area contributed by atoms with Gasteiger partial charge in [0.2, 0.25) is 0 Å². The Morgan fingerprint density at radius 1 is 1.19 bits per heavy atom. The van der Waals surface area contributed by atoms with Gasteiger partial charge in [-0.1, -0.05) is 36.8 Å². The van der Waals surface area contributed by atoms with Crippen LogP contribution in [0.15, 0.2) is 30.3 Å². The van der Waals surface area contributed by atoms with Crippen LogP contribution >= 0.6 is 0 Å². The van der Waals surface area contributed by atoms with E-state index in [-0.39, 0.29) is 0 Å². The summed E-state index contributed by atoms with van der Waals surface area (Å²) in [6, 6.07) is 11.3. The Hall–Kier alpha value is -0.860. The lowest BCUT2D eigenvalue weighted by Crippen LogP contribution is -2.47. The van der Waals surface area contributed by atoms with E-state index < -0.39 is 0 Å². The SMILES string of the molecule is CNCC1(C(NC)c2ccccc2)CCC1. The Labute approximate surface area is 98.4 Å². The Bertz CT molecular complexity index is 317. The van der Waals surface area contributed by atoms with Crippen molar-refractivity contribution >= 4 is 0 Å². The van der Waals surface area contributed by atoms with Gasteiger partial charge < -0.3 is 10.6 Å². The van der Waals surface area contributed by atoms with Crippen molar-refractivity contribution in [3.8, 4) is 0 Å². The summed E-state index contributed by atoms with van der Waals surface area (Å²) in [6.45, 7) is 1.10. The third-order valence-corrected chi connectivity index (χ3v) is 3.91. The fourth-order valence-electron chi connectivity index (χ4n) is 3.02. The Balaban J connectivity index is 2.21. The second-order valence-corrected chi connectivity index (χ2v) is 4.88. The third-order valence-electron chi connectivity index (χ3n) is 3.91. The van der Waals surface area contributed by atoms with Crippen LogP contribution < -0.4 is 10.6 Å². The van der Waals surface area contributed by atoms with Gasteiger partial charge in [0.05, 0.1) is 0 Å². The summed E-state index contributed by atoms with van der Waals surface area (Å²) in [5.74, 6) is 0. The maximum absolute atomic E-state index is 3.51. The van der Waals surface area contributed by atoms with Crippen molar-refractivity contribution in [2.75, 3.05) is 20.6 Å². The van der Waals surface area contributed by atoms with Crippen molar-refractivity contribution in [2.45, 2.75) is 25.3 Å². The fourth-order valence-corrected chi connectivity index (χ4v) is 3.02. The third kappa shape index (κ3) is 2.00. The van der Waals surface area contributed by atoms with Crippen LogP contribution in [0.25, 0.3) is 0 Å². The van der Waals surface area contributed by atoms with E-state index in [1.165, 1.54) is 24.8 Å². The molecule has 0 aliphatic heterocycles. The first-order valence-corrected chi connectivity index (χ1v) is 6.19. The van der Waals surface area contributed by atoms with E-state index in [9.17, 15) is 0 Å². The van der Waals surface area contributed by atoms with Gasteiger partial charge in [-0.05, 0) is 32.5 Å². The molecule has 1 aliphatic rings. The summed E-state index contributed by atoms with van der Waals surface area (Å²) < 4.78 is 0. The van der Waals surface area contributed by atoms with Crippen molar-refractivity contribution in [2.24, 2.45) is 5.41 Å². The van der Waals surface area contributed by atoms with Gasteiger partial charge >= 0.3 is 0 Å². The standard InChI is InChI=1S/C14H22N2/c1-15-11-14(9-6-10-14)13(16-2)12-7-4-3-5-8-12/h3-5,7-8,13,15-16H,6,9-11H2,1-2H3. The minimum atomic E-state index is 0.421. The number of hydrogen-bond donors (Lipinski definition) is 2. The van der Waals surface area contributed by atoms with Crippen LogP contribution in [0.5, 0.6) is 0 Å². The number of hydrogen-bond acceptors (Lipinski definition) is 2. The molecule has 1 aromatic carbocycles. The van der Waals surface area contributed by atoms with Gasteiger partial charge in [-0.2, -0.15) is 0 Å². The van der Waals surface area contributed by atoms with Crippen molar-refractivity contribution < 1.29 is 0 Å². The van der Waals surface area contributed by atoms with Gasteiger partial charge in [0.25, 0.3) is 0 Å². The molecule has 0 radical (unpaired) electrons. The molecule has 1 unspecified atom stereocenters. The highest BCUT2D eigenvalue weighted by Gasteiger charge is 2.43. The zero-order valence-corrected chi connectivity index (χ0v) is 10.3. The topological polar surface area (TPSA) is 24.1 Å². The molecule has 1 saturated carbocycles. The molecule has 2 N–H and O–H groups in total. The Morgan fingerprint density at radius 2 is 1.88 bits per heavy atom. The predicted molar refractivity (Wildman–Crippen MR) is 68.5 cm³/mol. The maximum Gasteiger partial charge on any atom is 0.0386 e. The molecule has 16 heavy (non-hydrogen) atoms. The minimum absolute atomic E-state index is 0.421. The Kier molecular flexibility index (Phi) is 3.62. The smallest absolute Gasteiger partial charge is 0.0386 e. The normalized spacial score (nSPS) is 20.1. The first kappa shape index (κ1) is 11.6. The first-order chi connectivity index (χ1) is 7.82. The summed E-state index contributed by atoms with van der Waals surface area (Å²) in [6.07, 6.45) is 4.02. The largest absolute Gasteiger partial charge is 0.319 e. The second kappa shape index (κ2) is 4.98. The van der Waals surface area contributed by atoms with E-state index >= 15 is 0 Å². The number of nitrogens with one attached hydrogen (secondary N) is 2. The van der Waals surface area contributed by atoms with Gasteiger partial charge in [0, 0.05) is 18.0 Å². The lowest BCUT2D eigenvalue weighted by molar-refractivity contribution is 0.0789. The Morgan fingerprint density at radius 3 is 2.31 bits per heavy atom. The molecular formula is C14H22N2. The van der Waals surface area contributed by atoms with Crippen LogP contribution in [-0.2, 0) is 0 Å². The van der Waals surface area contributed by atoms with Gasteiger partial charge in [0.1, 0.15) is 0 Å². The van der Waals surface area contributed by atoms with Crippen molar-refractivity contribution in [3.05, 3.63) is 35.9 Å². The second-order valence-electron chi connectivity index (χ2n) is 4.88. The molecular weight excluding hydrogens is 196 g/mol. The maximum atomic E-state index is 3.51. The molecule has 1 aliphatic carbocycles. The molecule has 0 heterocycles. The molecule has 0 saturated heterocycles. The van der Waals surface area contributed by atoms with Crippen molar-refractivity contribution in [1.82, 2.24) is 10.6 Å². The van der Waals surface area contributed by atoms with Crippen LogP contribution in [0.2, 0.25) is 0 Å². The lowest BCUT2D eigenvalue weighted by Gasteiger charge is -2.48. The molecule has 0 aromatic heterocycles. The lowest BCUT2D eigenvalue weighted by atomic mass is 9.62. The molecule has 2 rings (SSSR count).